The van der Waals surface area contributed by atoms with Gasteiger partial charge in [-0.05, 0) is 18.1 Å². The molecule has 1 rings (SSSR count). The molecule has 1 aromatic rings. The molecule has 0 aliphatic rings. The van der Waals surface area contributed by atoms with Crippen LogP contribution in [0.1, 0.15) is 5.56 Å². The molecule has 9 heavy (non-hydrogen) atoms. The van der Waals surface area contributed by atoms with Gasteiger partial charge in [-0.2, -0.15) is 0 Å². The van der Waals surface area contributed by atoms with Crippen molar-refractivity contribution in [2.75, 3.05) is 0 Å². The maximum Gasteiger partial charge on any atom is 0.0657 e. The third-order valence-electron chi connectivity index (χ3n) is 1.16. The average Bonchev–Trinajstić information content (AvgIpc) is 1.91. The molecule has 0 aromatic carbocycles. The zero-order valence-electron chi connectivity index (χ0n) is 5.25. The highest BCUT2D eigenvalue weighted by Crippen LogP contribution is 1.97. The van der Waals surface area contributed by atoms with E-state index in [0.717, 1.165) is 6.42 Å². The van der Waals surface area contributed by atoms with Gasteiger partial charge in [-0.15, -0.1) is 0 Å². The first-order chi connectivity index (χ1) is 4.43. The molecule has 44 valence electrons. The van der Waals surface area contributed by atoms with Crippen molar-refractivity contribution in [3.63, 3.8) is 0 Å². The quantitative estimate of drug-likeness (QED) is 0.530. The standard InChI is InChI=1S/C7H8BN/c8-4-3-7-2-1-5-9-6-7/h1-2,5-6H,3-4H2. The van der Waals surface area contributed by atoms with E-state index in [9.17, 15) is 0 Å². The fraction of sp³-hybridized carbons (Fsp3) is 0.286. The largest absolute Gasteiger partial charge is 0.264 e. The number of rotatable bonds is 2. The van der Waals surface area contributed by atoms with Gasteiger partial charge < -0.3 is 0 Å². The summed E-state index contributed by atoms with van der Waals surface area (Å²) in [7, 11) is 5.33. The summed E-state index contributed by atoms with van der Waals surface area (Å²) in [6, 6.07) is 3.95. The van der Waals surface area contributed by atoms with E-state index < -0.39 is 0 Å². The minimum absolute atomic E-state index is 0.700. The molecule has 0 N–H and O–H groups in total. The van der Waals surface area contributed by atoms with E-state index in [1.807, 2.05) is 18.3 Å². The average molecular weight is 117 g/mol. The molecule has 0 spiro atoms. The molecule has 2 radical (unpaired) electrons. The maximum absolute atomic E-state index is 5.33. The van der Waals surface area contributed by atoms with Crippen LogP contribution < -0.4 is 0 Å². The van der Waals surface area contributed by atoms with Gasteiger partial charge in [0.25, 0.3) is 0 Å². The Kier molecular flexibility index (Phi) is 2.31. The summed E-state index contributed by atoms with van der Waals surface area (Å²) in [4.78, 5) is 3.95. The Bertz CT molecular complexity index is 162. The van der Waals surface area contributed by atoms with Crippen LogP contribution in [0.25, 0.3) is 0 Å². The molecule has 0 amide bonds. The van der Waals surface area contributed by atoms with Crippen LogP contribution in [0.15, 0.2) is 24.5 Å². The summed E-state index contributed by atoms with van der Waals surface area (Å²) in [5, 5.41) is 0. The molecule has 1 heterocycles. The van der Waals surface area contributed by atoms with Crippen LogP contribution in [0.5, 0.6) is 0 Å². The second-order valence-corrected chi connectivity index (χ2v) is 1.90. The van der Waals surface area contributed by atoms with Crippen molar-refractivity contribution in [3.8, 4) is 0 Å². The number of aromatic nitrogens is 1. The molecule has 0 atom stereocenters. The van der Waals surface area contributed by atoms with E-state index in [0.29, 0.717) is 6.32 Å². The summed E-state index contributed by atoms with van der Waals surface area (Å²) in [6.45, 7) is 0. The molecule has 0 aliphatic carbocycles. The third-order valence-corrected chi connectivity index (χ3v) is 1.16. The van der Waals surface area contributed by atoms with Gasteiger partial charge in [0, 0.05) is 12.4 Å². The Balaban J connectivity index is 2.61. The van der Waals surface area contributed by atoms with Crippen LogP contribution in [0.3, 0.4) is 0 Å². The molecule has 0 bridgehead atoms. The minimum Gasteiger partial charge on any atom is -0.264 e. The number of aryl methyl sites for hydroxylation is 1. The fourth-order valence-corrected chi connectivity index (χ4v) is 0.713. The Morgan fingerprint density at radius 1 is 1.56 bits per heavy atom. The molecular weight excluding hydrogens is 109 g/mol. The smallest absolute Gasteiger partial charge is 0.0657 e. The van der Waals surface area contributed by atoms with Crippen LogP contribution in [0.2, 0.25) is 6.32 Å². The molecular formula is C7H8BN. The number of hydrogen-bond acceptors (Lipinski definition) is 1. The second kappa shape index (κ2) is 3.28. The van der Waals surface area contributed by atoms with Crippen molar-refractivity contribution in [1.82, 2.24) is 4.98 Å². The normalized spacial score (nSPS) is 9.33. The minimum atomic E-state index is 0.700. The van der Waals surface area contributed by atoms with Gasteiger partial charge >= 0.3 is 0 Å². The monoisotopic (exact) mass is 117 g/mol. The van der Waals surface area contributed by atoms with Crippen LogP contribution in [0.4, 0.5) is 0 Å². The zero-order chi connectivity index (χ0) is 6.53. The summed E-state index contributed by atoms with van der Waals surface area (Å²) < 4.78 is 0. The van der Waals surface area contributed by atoms with Gasteiger partial charge in [0.05, 0.1) is 7.85 Å². The van der Waals surface area contributed by atoms with Gasteiger partial charge in [0.2, 0.25) is 0 Å². The van der Waals surface area contributed by atoms with E-state index >= 15 is 0 Å². The van der Waals surface area contributed by atoms with Gasteiger partial charge in [0.1, 0.15) is 0 Å². The first kappa shape index (κ1) is 6.34. The predicted molar refractivity (Wildman–Crippen MR) is 38.5 cm³/mol. The third kappa shape index (κ3) is 1.88. The Morgan fingerprint density at radius 2 is 2.44 bits per heavy atom. The number of hydrogen-bond donors (Lipinski definition) is 0. The van der Waals surface area contributed by atoms with Gasteiger partial charge in [-0.1, -0.05) is 12.4 Å². The van der Waals surface area contributed by atoms with Gasteiger partial charge in [-0.3, -0.25) is 4.98 Å². The van der Waals surface area contributed by atoms with Gasteiger partial charge in [0.15, 0.2) is 0 Å². The highest BCUT2D eigenvalue weighted by atomic mass is 14.6. The SMILES string of the molecule is [B]CCc1cccnc1. The van der Waals surface area contributed by atoms with Crippen LogP contribution >= 0.6 is 0 Å². The predicted octanol–water partition coefficient (Wildman–Crippen LogP) is 1.21. The molecule has 0 unspecified atom stereocenters. The summed E-state index contributed by atoms with van der Waals surface area (Å²) in [5.41, 5.74) is 1.21. The lowest BCUT2D eigenvalue weighted by Crippen LogP contribution is -1.83. The van der Waals surface area contributed by atoms with Crippen LogP contribution in [-0.4, -0.2) is 12.8 Å². The van der Waals surface area contributed by atoms with Crippen LogP contribution in [0, 0.1) is 0 Å². The highest BCUT2D eigenvalue weighted by Gasteiger charge is 1.85. The summed E-state index contributed by atoms with van der Waals surface area (Å²) >= 11 is 0. The molecule has 0 saturated carbocycles. The Hall–Kier alpha value is -0.785. The molecule has 2 heteroatoms. The van der Waals surface area contributed by atoms with Crippen molar-refractivity contribution in [2.24, 2.45) is 0 Å². The Morgan fingerprint density at radius 3 is 3.00 bits per heavy atom. The summed E-state index contributed by atoms with van der Waals surface area (Å²) in [5.74, 6) is 0. The molecule has 0 aliphatic heterocycles. The zero-order valence-corrected chi connectivity index (χ0v) is 5.25. The number of pyridine rings is 1. The van der Waals surface area contributed by atoms with Crippen molar-refractivity contribution < 1.29 is 0 Å². The lowest BCUT2D eigenvalue weighted by molar-refractivity contribution is 1.10. The molecule has 1 nitrogen and oxygen atoms in total. The topological polar surface area (TPSA) is 12.9 Å². The highest BCUT2D eigenvalue weighted by molar-refractivity contribution is 6.08. The first-order valence-corrected chi connectivity index (χ1v) is 3.02. The molecule has 1 aromatic heterocycles. The summed E-state index contributed by atoms with van der Waals surface area (Å²) in [6.07, 6.45) is 5.23. The second-order valence-electron chi connectivity index (χ2n) is 1.90. The lowest BCUT2D eigenvalue weighted by atomic mass is 9.98. The maximum atomic E-state index is 5.33. The van der Waals surface area contributed by atoms with Gasteiger partial charge in [-0.25, -0.2) is 0 Å². The Labute approximate surface area is 56.5 Å². The van der Waals surface area contributed by atoms with E-state index in [-0.39, 0.29) is 0 Å². The van der Waals surface area contributed by atoms with Crippen molar-refractivity contribution in [1.29, 1.82) is 0 Å². The number of nitrogens with zero attached hydrogens (tertiary/aromatic N) is 1. The van der Waals surface area contributed by atoms with Crippen LogP contribution in [-0.2, 0) is 6.42 Å². The van der Waals surface area contributed by atoms with Crippen molar-refractivity contribution >= 4 is 7.85 Å². The molecule has 0 saturated heterocycles. The lowest BCUT2D eigenvalue weighted by Gasteiger charge is -1.93. The van der Waals surface area contributed by atoms with E-state index in [4.69, 9.17) is 7.85 Å². The van der Waals surface area contributed by atoms with E-state index in [1.54, 1.807) is 6.20 Å². The van der Waals surface area contributed by atoms with Crippen molar-refractivity contribution in [2.45, 2.75) is 12.7 Å². The first-order valence-electron chi connectivity index (χ1n) is 3.02. The fourth-order valence-electron chi connectivity index (χ4n) is 0.713. The van der Waals surface area contributed by atoms with Crippen molar-refractivity contribution in [3.05, 3.63) is 30.1 Å². The van der Waals surface area contributed by atoms with E-state index in [1.165, 1.54) is 5.56 Å². The molecule has 0 fully saturated rings. The van der Waals surface area contributed by atoms with E-state index in [2.05, 4.69) is 4.98 Å².